The standard InChI is InChI=1S/C24H37N/c1-4-5-8-18-11-13-21-20-12-10-17-9-6-7-14-23(17,2)22(20)15-19(16-25)24(18,21)3/h15,17-21H,4-14H2,1-3H3/t17?,18-,19?,20?,21?,23-,24-/m0/s1. The Hall–Kier alpha value is -0.770. The van der Waals surface area contributed by atoms with Crippen LogP contribution in [0, 0.1) is 51.8 Å². The number of fused-ring (bicyclic) bond motifs is 5. The van der Waals surface area contributed by atoms with Crippen LogP contribution in [0.5, 0.6) is 0 Å². The van der Waals surface area contributed by atoms with Crippen molar-refractivity contribution in [1.82, 2.24) is 0 Å². The first-order chi connectivity index (χ1) is 12.1. The van der Waals surface area contributed by atoms with Crippen LogP contribution in [0.15, 0.2) is 11.6 Å². The summed E-state index contributed by atoms with van der Waals surface area (Å²) in [6, 6.07) is 2.79. The van der Waals surface area contributed by atoms with Crippen molar-refractivity contribution >= 4 is 0 Å². The average Bonchev–Trinajstić information content (AvgIpc) is 2.96. The van der Waals surface area contributed by atoms with Crippen molar-refractivity contribution in [1.29, 1.82) is 5.26 Å². The molecule has 0 heterocycles. The first kappa shape index (κ1) is 17.6. The van der Waals surface area contributed by atoms with Gasteiger partial charge in [-0.3, -0.25) is 0 Å². The predicted octanol–water partition coefficient (Wildman–Crippen LogP) is 6.90. The van der Waals surface area contributed by atoms with E-state index >= 15 is 0 Å². The van der Waals surface area contributed by atoms with Crippen molar-refractivity contribution in [2.45, 2.75) is 91.4 Å². The number of hydrogen-bond donors (Lipinski definition) is 0. The lowest BCUT2D eigenvalue weighted by atomic mass is 9.47. The molecule has 4 aliphatic carbocycles. The van der Waals surface area contributed by atoms with Gasteiger partial charge in [0.15, 0.2) is 0 Å². The minimum absolute atomic E-state index is 0.158. The fourth-order valence-electron chi connectivity index (χ4n) is 7.81. The topological polar surface area (TPSA) is 23.8 Å². The van der Waals surface area contributed by atoms with Crippen LogP contribution in [0.25, 0.3) is 0 Å². The zero-order valence-corrected chi connectivity index (χ0v) is 16.7. The van der Waals surface area contributed by atoms with E-state index in [1.807, 2.05) is 0 Å². The lowest BCUT2D eigenvalue weighted by Gasteiger charge is -2.57. The van der Waals surface area contributed by atoms with Crippen LogP contribution >= 0.6 is 0 Å². The lowest BCUT2D eigenvalue weighted by Crippen LogP contribution is -2.49. The van der Waals surface area contributed by atoms with Gasteiger partial charge in [-0.15, -0.1) is 0 Å². The van der Waals surface area contributed by atoms with E-state index in [0.717, 1.165) is 23.7 Å². The van der Waals surface area contributed by atoms with E-state index in [1.165, 1.54) is 70.6 Å². The van der Waals surface area contributed by atoms with Crippen LogP contribution < -0.4 is 0 Å². The molecule has 1 heteroatoms. The van der Waals surface area contributed by atoms with Gasteiger partial charge in [0, 0.05) is 0 Å². The van der Waals surface area contributed by atoms with Crippen molar-refractivity contribution in [3.8, 4) is 6.07 Å². The van der Waals surface area contributed by atoms with Gasteiger partial charge in [-0.25, -0.2) is 0 Å². The number of hydrogen-bond acceptors (Lipinski definition) is 1. The molecule has 0 saturated heterocycles. The molecule has 0 N–H and O–H groups in total. The Bertz CT molecular complexity index is 583. The van der Waals surface area contributed by atoms with Crippen LogP contribution in [0.3, 0.4) is 0 Å². The number of allylic oxidation sites excluding steroid dienone is 2. The molecule has 7 atom stereocenters. The monoisotopic (exact) mass is 339 g/mol. The van der Waals surface area contributed by atoms with Gasteiger partial charge in [-0.1, -0.05) is 58.1 Å². The number of nitriles is 1. The van der Waals surface area contributed by atoms with Crippen molar-refractivity contribution in [3.63, 3.8) is 0 Å². The van der Waals surface area contributed by atoms with E-state index < -0.39 is 0 Å². The molecule has 0 aromatic rings. The lowest BCUT2D eigenvalue weighted by molar-refractivity contribution is 0.0128. The molecule has 4 unspecified atom stereocenters. The molecule has 0 aromatic heterocycles. The van der Waals surface area contributed by atoms with E-state index in [2.05, 4.69) is 32.9 Å². The van der Waals surface area contributed by atoms with Gasteiger partial charge in [0.25, 0.3) is 0 Å². The number of rotatable bonds is 3. The fraction of sp³-hybridized carbons (Fsp3) is 0.875. The molecule has 138 valence electrons. The Kier molecular flexibility index (Phi) is 4.54. The minimum atomic E-state index is 0.158. The molecule has 0 spiro atoms. The summed E-state index contributed by atoms with van der Waals surface area (Å²) in [6.45, 7) is 7.37. The minimum Gasteiger partial charge on any atom is -0.198 e. The van der Waals surface area contributed by atoms with Crippen LogP contribution in [-0.2, 0) is 0 Å². The van der Waals surface area contributed by atoms with Crippen LogP contribution in [0.2, 0.25) is 0 Å². The third-order valence-electron chi connectivity index (χ3n) is 9.34. The number of nitrogens with zero attached hydrogens (tertiary/aromatic N) is 1. The van der Waals surface area contributed by atoms with Crippen molar-refractivity contribution in [3.05, 3.63) is 11.6 Å². The molecule has 4 rings (SSSR count). The van der Waals surface area contributed by atoms with E-state index in [9.17, 15) is 5.26 Å². The number of unbranched alkanes of at least 4 members (excludes halogenated alkanes) is 1. The second kappa shape index (κ2) is 6.44. The molecule has 0 bridgehead atoms. The second-order valence-corrected chi connectivity index (χ2v) is 10.2. The summed E-state index contributed by atoms with van der Waals surface area (Å²) in [5.74, 6) is 3.39. The molecule has 0 amide bonds. The first-order valence-corrected chi connectivity index (χ1v) is 11.2. The summed E-state index contributed by atoms with van der Waals surface area (Å²) < 4.78 is 0. The molecule has 0 aromatic carbocycles. The normalized spacial score (nSPS) is 48.7. The molecule has 0 radical (unpaired) electrons. The molecule has 1 nitrogen and oxygen atoms in total. The van der Waals surface area contributed by atoms with Crippen LogP contribution in [0.1, 0.15) is 91.4 Å². The highest BCUT2D eigenvalue weighted by Gasteiger charge is 2.59. The Morgan fingerprint density at radius 3 is 2.72 bits per heavy atom. The highest BCUT2D eigenvalue weighted by atomic mass is 14.6. The SMILES string of the molecule is CCCC[C@H]1CCC2C3CCC4CCCC[C@]4(C)C3=CC(C#N)[C@@]21C. The zero-order valence-electron chi connectivity index (χ0n) is 16.7. The molecule has 3 fully saturated rings. The third kappa shape index (κ3) is 2.46. The Morgan fingerprint density at radius 2 is 1.96 bits per heavy atom. The predicted molar refractivity (Wildman–Crippen MR) is 104 cm³/mol. The summed E-state index contributed by atoms with van der Waals surface area (Å²) >= 11 is 0. The molecule has 4 aliphatic rings. The summed E-state index contributed by atoms with van der Waals surface area (Å²) in [6.07, 6.45) is 17.7. The zero-order chi connectivity index (χ0) is 17.7. The average molecular weight is 340 g/mol. The smallest absolute Gasteiger partial charge is 0.0705 e. The summed E-state index contributed by atoms with van der Waals surface area (Å²) in [5, 5.41) is 10.1. The summed E-state index contributed by atoms with van der Waals surface area (Å²) in [4.78, 5) is 0. The quantitative estimate of drug-likeness (QED) is 0.513. The van der Waals surface area contributed by atoms with Crippen molar-refractivity contribution in [2.24, 2.45) is 40.4 Å². The van der Waals surface area contributed by atoms with Gasteiger partial charge in [0.1, 0.15) is 0 Å². The maximum Gasteiger partial charge on any atom is 0.0705 e. The van der Waals surface area contributed by atoms with E-state index in [4.69, 9.17) is 0 Å². The summed E-state index contributed by atoms with van der Waals surface area (Å²) in [7, 11) is 0. The molecular formula is C24H37N. The fourth-order valence-corrected chi connectivity index (χ4v) is 7.81. The van der Waals surface area contributed by atoms with E-state index in [0.29, 0.717) is 5.41 Å². The molecule has 3 saturated carbocycles. The van der Waals surface area contributed by atoms with E-state index in [-0.39, 0.29) is 11.3 Å². The van der Waals surface area contributed by atoms with Gasteiger partial charge in [0.2, 0.25) is 0 Å². The van der Waals surface area contributed by atoms with Gasteiger partial charge < -0.3 is 0 Å². The van der Waals surface area contributed by atoms with Crippen LogP contribution in [0.4, 0.5) is 0 Å². The maximum atomic E-state index is 10.1. The van der Waals surface area contributed by atoms with Gasteiger partial charge in [0.05, 0.1) is 12.0 Å². The third-order valence-corrected chi connectivity index (χ3v) is 9.34. The molecule has 25 heavy (non-hydrogen) atoms. The van der Waals surface area contributed by atoms with Gasteiger partial charge in [-0.2, -0.15) is 5.26 Å². The Balaban J connectivity index is 1.72. The van der Waals surface area contributed by atoms with Gasteiger partial charge in [-0.05, 0) is 79.4 Å². The Morgan fingerprint density at radius 1 is 1.12 bits per heavy atom. The summed E-state index contributed by atoms with van der Waals surface area (Å²) in [5.41, 5.74) is 2.41. The van der Waals surface area contributed by atoms with Crippen LogP contribution in [-0.4, -0.2) is 0 Å². The first-order valence-electron chi connectivity index (χ1n) is 11.2. The molecular weight excluding hydrogens is 302 g/mol. The maximum absolute atomic E-state index is 10.1. The Labute approximate surface area is 155 Å². The van der Waals surface area contributed by atoms with Gasteiger partial charge >= 0.3 is 0 Å². The second-order valence-electron chi connectivity index (χ2n) is 10.2. The van der Waals surface area contributed by atoms with Crippen molar-refractivity contribution < 1.29 is 0 Å². The molecule has 0 aliphatic heterocycles. The largest absolute Gasteiger partial charge is 0.198 e. The van der Waals surface area contributed by atoms with Crippen molar-refractivity contribution in [2.75, 3.05) is 0 Å². The highest BCUT2D eigenvalue weighted by Crippen LogP contribution is 2.67. The van der Waals surface area contributed by atoms with E-state index in [1.54, 1.807) is 5.57 Å². The highest BCUT2D eigenvalue weighted by molar-refractivity contribution is 5.33.